The van der Waals surface area contributed by atoms with E-state index in [2.05, 4.69) is 23.6 Å². The van der Waals surface area contributed by atoms with E-state index in [1.165, 1.54) is 5.57 Å². The SMILES string of the molecule is CCC(C)(C)NC(=O)CNCC=C(C)C. The van der Waals surface area contributed by atoms with E-state index in [4.69, 9.17) is 0 Å². The number of allylic oxidation sites excluding steroid dienone is 1. The van der Waals surface area contributed by atoms with E-state index in [0.717, 1.165) is 13.0 Å². The number of nitrogens with one attached hydrogen (secondary N) is 2. The van der Waals surface area contributed by atoms with Crippen LogP contribution in [-0.2, 0) is 4.79 Å². The second-order valence-corrected chi connectivity index (χ2v) is 4.70. The summed E-state index contributed by atoms with van der Waals surface area (Å²) < 4.78 is 0. The van der Waals surface area contributed by atoms with E-state index in [-0.39, 0.29) is 11.4 Å². The van der Waals surface area contributed by atoms with Gasteiger partial charge in [-0.05, 0) is 34.1 Å². The molecule has 0 fully saturated rings. The van der Waals surface area contributed by atoms with Crippen molar-refractivity contribution < 1.29 is 4.79 Å². The van der Waals surface area contributed by atoms with Crippen molar-refractivity contribution in [3.63, 3.8) is 0 Å². The molecule has 0 aliphatic carbocycles. The van der Waals surface area contributed by atoms with Crippen molar-refractivity contribution in [2.75, 3.05) is 13.1 Å². The Morgan fingerprint density at radius 2 is 1.93 bits per heavy atom. The van der Waals surface area contributed by atoms with Crippen molar-refractivity contribution in [1.82, 2.24) is 10.6 Å². The third kappa shape index (κ3) is 8.18. The van der Waals surface area contributed by atoms with Gasteiger partial charge in [0.25, 0.3) is 0 Å². The number of carbonyl (C=O) groups excluding carboxylic acids is 1. The van der Waals surface area contributed by atoms with Crippen LogP contribution in [0.15, 0.2) is 11.6 Å². The molecule has 88 valence electrons. The number of rotatable bonds is 6. The maximum Gasteiger partial charge on any atom is 0.234 e. The molecule has 3 heteroatoms. The third-order valence-corrected chi connectivity index (χ3v) is 2.30. The Balaban J connectivity index is 3.72. The van der Waals surface area contributed by atoms with Gasteiger partial charge in [-0.15, -0.1) is 0 Å². The predicted molar refractivity (Wildman–Crippen MR) is 64.8 cm³/mol. The molecule has 0 aromatic heterocycles. The summed E-state index contributed by atoms with van der Waals surface area (Å²) in [5, 5.41) is 6.05. The number of hydrogen-bond donors (Lipinski definition) is 2. The Labute approximate surface area is 93.3 Å². The average molecular weight is 212 g/mol. The molecule has 2 N–H and O–H groups in total. The van der Waals surface area contributed by atoms with Crippen LogP contribution in [-0.4, -0.2) is 24.5 Å². The molecule has 0 spiro atoms. The van der Waals surface area contributed by atoms with E-state index in [1.807, 2.05) is 27.7 Å². The fourth-order valence-electron chi connectivity index (χ4n) is 0.972. The van der Waals surface area contributed by atoms with Crippen LogP contribution in [0.1, 0.15) is 41.0 Å². The molecule has 0 radical (unpaired) electrons. The zero-order chi connectivity index (χ0) is 11.9. The molecule has 0 saturated heterocycles. The summed E-state index contributed by atoms with van der Waals surface area (Å²) in [6, 6.07) is 0. The number of amides is 1. The molecule has 0 aliphatic heterocycles. The summed E-state index contributed by atoms with van der Waals surface area (Å²) in [7, 11) is 0. The van der Waals surface area contributed by atoms with Crippen LogP contribution in [0.5, 0.6) is 0 Å². The van der Waals surface area contributed by atoms with Crippen molar-refractivity contribution in [2.24, 2.45) is 0 Å². The lowest BCUT2D eigenvalue weighted by atomic mass is 10.0. The number of hydrogen-bond acceptors (Lipinski definition) is 2. The van der Waals surface area contributed by atoms with Gasteiger partial charge in [0.05, 0.1) is 6.54 Å². The van der Waals surface area contributed by atoms with Crippen LogP contribution in [0.3, 0.4) is 0 Å². The zero-order valence-corrected chi connectivity index (χ0v) is 10.6. The fourth-order valence-corrected chi connectivity index (χ4v) is 0.972. The van der Waals surface area contributed by atoms with E-state index in [9.17, 15) is 4.79 Å². The Morgan fingerprint density at radius 1 is 1.33 bits per heavy atom. The maximum atomic E-state index is 11.5. The monoisotopic (exact) mass is 212 g/mol. The quantitative estimate of drug-likeness (QED) is 0.521. The molecule has 0 aromatic carbocycles. The minimum absolute atomic E-state index is 0.0593. The molecule has 0 heterocycles. The van der Waals surface area contributed by atoms with Crippen LogP contribution >= 0.6 is 0 Å². The lowest BCUT2D eigenvalue weighted by Gasteiger charge is -2.24. The van der Waals surface area contributed by atoms with Gasteiger partial charge in [0, 0.05) is 12.1 Å². The van der Waals surface area contributed by atoms with E-state index < -0.39 is 0 Å². The minimum Gasteiger partial charge on any atom is -0.350 e. The highest BCUT2D eigenvalue weighted by Crippen LogP contribution is 2.05. The second kappa shape index (κ2) is 6.62. The van der Waals surface area contributed by atoms with Gasteiger partial charge < -0.3 is 10.6 Å². The highest BCUT2D eigenvalue weighted by molar-refractivity contribution is 5.78. The van der Waals surface area contributed by atoms with Crippen molar-refractivity contribution in [3.8, 4) is 0 Å². The first kappa shape index (κ1) is 14.2. The highest BCUT2D eigenvalue weighted by atomic mass is 16.2. The molecular weight excluding hydrogens is 188 g/mol. The van der Waals surface area contributed by atoms with E-state index in [0.29, 0.717) is 6.54 Å². The van der Waals surface area contributed by atoms with Crippen molar-refractivity contribution in [1.29, 1.82) is 0 Å². The van der Waals surface area contributed by atoms with Crippen LogP contribution in [0.25, 0.3) is 0 Å². The zero-order valence-electron chi connectivity index (χ0n) is 10.6. The van der Waals surface area contributed by atoms with Crippen LogP contribution in [0.2, 0.25) is 0 Å². The molecule has 0 saturated carbocycles. The first-order valence-corrected chi connectivity index (χ1v) is 5.52. The van der Waals surface area contributed by atoms with E-state index >= 15 is 0 Å². The molecular formula is C12H24N2O. The summed E-state index contributed by atoms with van der Waals surface area (Å²) in [5.41, 5.74) is 1.16. The predicted octanol–water partition coefficient (Wildman–Crippen LogP) is 1.85. The van der Waals surface area contributed by atoms with Crippen molar-refractivity contribution >= 4 is 5.91 Å². The van der Waals surface area contributed by atoms with Crippen LogP contribution in [0, 0.1) is 0 Å². The Kier molecular flexibility index (Phi) is 6.25. The molecule has 0 aliphatic rings. The first-order valence-electron chi connectivity index (χ1n) is 5.52. The first-order chi connectivity index (χ1) is 6.87. The Morgan fingerprint density at radius 3 is 2.40 bits per heavy atom. The normalized spacial score (nSPS) is 11.0. The second-order valence-electron chi connectivity index (χ2n) is 4.70. The summed E-state index contributed by atoms with van der Waals surface area (Å²) in [5.74, 6) is 0.0593. The van der Waals surface area contributed by atoms with Crippen molar-refractivity contribution in [2.45, 2.75) is 46.6 Å². The summed E-state index contributed by atoms with van der Waals surface area (Å²) in [4.78, 5) is 11.5. The standard InChI is InChI=1S/C12H24N2O/c1-6-12(4,5)14-11(15)9-13-8-7-10(2)3/h7,13H,6,8-9H2,1-5H3,(H,14,15). The summed E-state index contributed by atoms with van der Waals surface area (Å²) in [6.07, 6.45) is 3.00. The van der Waals surface area contributed by atoms with Gasteiger partial charge in [-0.25, -0.2) is 0 Å². The van der Waals surface area contributed by atoms with Gasteiger partial charge in [-0.2, -0.15) is 0 Å². The fraction of sp³-hybridized carbons (Fsp3) is 0.750. The van der Waals surface area contributed by atoms with Gasteiger partial charge in [0.15, 0.2) is 0 Å². The molecule has 15 heavy (non-hydrogen) atoms. The van der Waals surface area contributed by atoms with Crippen LogP contribution in [0.4, 0.5) is 0 Å². The molecule has 1 amide bonds. The lowest BCUT2D eigenvalue weighted by molar-refractivity contribution is -0.121. The molecule has 0 aromatic rings. The molecule has 0 bridgehead atoms. The van der Waals surface area contributed by atoms with Gasteiger partial charge in [0.2, 0.25) is 5.91 Å². The van der Waals surface area contributed by atoms with Crippen molar-refractivity contribution in [3.05, 3.63) is 11.6 Å². The van der Waals surface area contributed by atoms with Gasteiger partial charge in [0.1, 0.15) is 0 Å². The molecule has 0 rings (SSSR count). The topological polar surface area (TPSA) is 41.1 Å². The third-order valence-electron chi connectivity index (χ3n) is 2.30. The van der Waals surface area contributed by atoms with Crippen LogP contribution < -0.4 is 10.6 Å². The lowest BCUT2D eigenvalue weighted by Crippen LogP contribution is -2.46. The van der Waals surface area contributed by atoms with Gasteiger partial charge in [-0.1, -0.05) is 18.6 Å². The smallest absolute Gasteiger partial charge is 0.234 e. The summed E-state index contributed by atoms with van der Waals surface area (Å²) >= 11 is 0. The van der Waals surface area contributed by atoms with E-state index in [1.54, 1.807) is 0 Å². The molecule has 0 atom stereocenters. The van der Waals surface area contributed by atoms with Gasteiger partial charge >= 0.3 is 0 Å². The average Bonchev–Trinajstić information content (AvgIpc) is 2.11. The largest absolute Gasteiger partial charge is 0.350 e. The molecule has 0 unspecified atom stereocenters. The number of carbonyl (C=O) groups is 1. The highest BCUT2D eigenvalue weighted by Gasteiger charge is 2.16. The Hall–Kier alpha value is -0.830. The summed E-state index contributed by atoms with van der Waals surface area (Å²) in [6.45, 7) is 11.3. The molecule has 3 nitrogen and oxygen atoms in total. The Bertz CT molecular complexity index is 228. The van der Waals surface area contributed by atoms with Gasteiger partial charge in [-0.3, -0.25) is 4.79 Å². The maximum absolute atomic E-state index is 11.5. The minimum atomic E-state index is -0.102.